The molecule has 1 heterocycles. The second-order valence-electron chi connectivity index (χ2n) is 5.06. The van der Waals surface area contributed by atoms with E-state index in [1.165, 1.54) is 11.1 Å². The van der Waals surface area contributed by atoms with E-state index in [9.17, 15) is 4.79 Å². The molecule has 1 amide bonds. The number of hydrogen-bond donors (Lipinski definition) is 2. The quantitative estimate of drug-likeness (QED) is 0.872. The van der Waals surface area contributed by atoms with Gasteiger partial charge in [-0.15, -0.1) is 0 Å². The van der Waals surface area contributed by atoms with Gasteiger partial charge in [0, 0.05) is 24.9 Å². The Morgan fingerprint density at radius 2 is 2.05 bits per heavy atom. The minimum absolute atomic E-state index is 0.0489. The first kappa shape index (κ1) is 13.9. The van der Waals surface area contributed by atoms with Crippen LogP contribution in [0.15, 0.2) is 18.2 Å². The summed E-state index contributed by atoms with van der Waals surface area (Å²) in [5, 5.41) is 6.24. The molecule has 0 unspecified atom stereocenters. The summed E-state index contributed by atoms with van der Waals surface area (Å²) < 4.78 is 5.27. The van der Waals surface area contributed by atoms with Gasteiger partial charge in [0.15, 0.2) is 0 Å². The van der Waals surface area contributed by atoms with Crippen molar-refractivity contribution in [1.82, 2.24) is 5.32 Å². The zero-order valence-electron chi connectivity index (χ0n) is 11.7. The Morgan fingerprint density at radius 3 is 2.79 bits per heavy atom. The molecule has 1 aromatic carbocycles. The number of aryl methyl sites for hydroxylation is 1. The van der Waals surface area contributed by atoms with Crippen LogP contribution in [0.4, 0.5) is 5.69 Å². The first-order valence-electron chi connectivity index (χ1n) is 6.84. The van der Waals surface area contributed by atoms with E-state index < -0.39 is 0 Å². The maximum absolute atomic E-state index is 11.9. The normalized spacial score (nSPS) is 16.1. The van der Waals surface area contributed by atoms with E-state index in [-0.39, 0.29) is 11.9 Å². The van der Waals surface area contributed by atoms with E-state index in [4.69, 9.17) is 4.74 Å². The number of rotatable bonds is 4. The summed E-state index contributed by atoms with van der Waals surface area (Å²) in [6.07, 6.45) is 1.82. The van der Waals surface area contributed by atoms with Crippen molar-refractivity contribution in [3.05, 3.63) is 29.3 Å². The molecule has 0 aliphatic carbocycles. The third kappa shape index (κ3) is 3.96. The maximum atomic E-state index is 11.9. The molecule has 0 bridgehead atoms. The molecule has 0 spiro atoms. The largest absolute Gasteiger partial charge is 0.381 e. The van der Waals surface area contributed by atoms with Gasteiger partial charge in [0.2, 0.25) is 5.91 Å². The average molecular weight is 262 g/mol. The highest BCUT2D eigenvalue weighted by Crippen LogP contribution is 2.17. The summed E-state index contributed by atoms with van der Waals surface area (Å²) in [5.41, 5.74) is 3.46. The molecule has 1 aliphatic heterocycles. The van der Waals surface area contributed by atoms with Gasteiger partial charge in [-0.2, -0.15) is 0 Å². The number of carbonyl (C=O) groups excluding carboxylic acids is 1. The Labute approximate surface area is 114 Å². The molecule has 0 saturated carbocycles. The van der Waals surface area contributed by atoms with Crippen molar-refractivity contribution in [1.29, 1.82) is 0 Å². The van der Waals surface area contributed by atoms with Crippen LogP contribution in [0.1, 0.15) is 24.0 Å². The highest BCUT2D eigenvalue weighted by Gasteiger charge is 2.15. The molecule has 104 valence electrons. The molecule has 1 saturated heterocycles. The molecule has 0 aromatic heterocycles. The SMILES string of the molecule is Cc1cccc(NCC(=O)NC2CCOCC2)c1C. The minimum Gasteiger partial charge on any atom is -0.381 e. The Kier molecular flexibility index (Phi) is 4.80. The fourth-order valence-corrected chi connectivity index (χ4v) is 2.24. The first-order chi connectivity index (χ1) is 9.16. The smallest absolute Gasteiger partial charge is 0.239 e. The maximum Gasteiger partial charge on any atom is 0.239 e. The van der Waals surface area contributed by atoms with Crippen LogP contribution in [0.25, 0.3) is 0 Å². The molecule has 4 heteroatoms. The van der Waals surface area contributed by atoms with E-state index in [0.717, 1.165) is 31.7 Å². The molecule has 4 nitrogen and oxygen atoms in total. The van der Waals surface area contributed by atoms with Gasteiger partial charge in [0.1, 0.15) is 0 Å². The number of amides is 1. The molecule has 0 radical (unpaired) electrons. The number of benzene rings is 1. The second kappa shape index (κ2) is 6.57. The number of ether oxygens (including phenoxy) is 1. The Morgan fingerprint density at radius 1 is 1.32 bits per heavy atom. The van der Waals surface area contributed by atoms with Gasteiger partial charge < -0.3 is 15.4 Å². The third-order valence-corrected chi connectivity index (χ3v) is 3.63. The second-order valence-corrected chi connectivity index (χ2v) is 5.06. The van der Waals surface area contributed by atoms with Crippen LogP contribution in [0.2, 0.25) is 0 Å². The number of anilines is 1. The number of hydrogen-bond acceptors (Lipinski definition) is 3. The van der Waals surface area contributed by atoms with Gasteiger partial charge in [-0.1, -0.05) is 12.1 Å². The lowest BCUT2D eigenvalue weighted by molar-refractivity contribution is -0.120. The Balaban J connectivity index is 1.81. The summed E-state index contributed by atoms with van der Waals surface area (Å²) >= 11 is 0. The van der Waals surface area contributed by atoms with Crippen LogP contribution in [0, 0.1) is 13.8 Å². The van der Waals surface area contributed by atoms with Crippen LogP contribution in [0.5, 0.6) is 0 Å². The standard InChI is InChI=1S/C15H22N2O2/c1-11-4-3-5-14(12(11)2)16-10-15(18)17-13-6-8-19-9-7-13/h3-5,13,16H,6-10H2,1-2H3,(H,17,18). The molecule has 2 N–H and O–H groups in total. The van der Waals surface area contributed by atoms with Gasteiger partial charge in [0.05, 0.1) is 6.54 Å². The van der Waals surface area contributed by atoms with Gasteiger partial charge >= 0.3 is 0 Å². The van der Waals surface area contributed by atoms with E-state index in [0.29, 0.717) is 6.54 Å². The molecule has 19 heavy (non-hydrogen) atoms. The van der Waals surface area contributed by atoms with Gasteiger partial charge in [-0.25, -0.2) is 0 Å². The zero-order chi connectivity index (χ0) is 13.7. The van der Waals surface area contributed by atoms with Gasteiger partial charge in [0.25, 0.3) is 0 Å². The van der Waals surface area contributed by atoms with E-state index in [1.807, 2.05) is 12.1 Å². The van der Waals surface area contributed by atoms with Crippen LogP contribution >= 0.6 is 0 Å². The number of carbonyl (C=O) groups is 1. The van der Waals surface area contributed by atoms with Crippen molar-refractivity contribution in [2.75, 3.05) is 25.1 Å². The fourth-order valence-electron chi connectivity index (χ4n) is 2.24. The van der Waals surface area contributed by atoms with Crippen LogP contribution in [-0.2, 0) is 9.53 Å². The van der Waals surface area contributed by atoms with Crippen LogP contribution < -0.4 is 10.6 Å². The molecule has 2 rings (SSSR count). The first-order valence-corrected chi connectivity index (χ1v) is 6.84. The fraction of sp³-hybridized carbons (Fsp3) is 0.533. The highest BCUT2D eigenvalue weighted by atomic mass is 16.5. The third-order valence-electron chi connectivity index (χ3n) is 3.63. The van der Waals surface area contributed by atoms with Crippen LogP contribution in [-0.4, -0.2) is 31.7 Å². The Bertz CT molecular complexity index is 440. The van der Waals surface area contributed by atoms with E-state index in [1.54, 1.807) is 0 Å². The lowest BCUT2D eigenvalue weighted by Gasteiger charge is -2.23. The van der Waals surface area contributed by atoms with Gasteiger partial charge in [-0.3, -0.25) is 4.79 Å². The summed E-state index contributed by atoms with van der Waals surface area (Å²) in [6.45, 7) is 5.95. The topological polar surface area (TPSA) is 50.4 Å². The number of nitrogens with one attached hydrogen (secondary N) is 2. The predicted molar refractivity (Wildman–Crippen MR) is 76.4 cm³/mol. The van der Waals surface area contributed by atoms with Crippen molar-refractivity contribution in [2.45, 2.75) is 32.7 Å². The molecule has 1 fully saturated rings. The minimum atomic E-state index is 0.0489. The lowest BCUT2D eigenvalue weighted by Crippen LogP contribution is -2.41. The van der Waals surface area contributed by atoms with Crippen molar-refractivity contribution < 1.29 is 9.53 Å². The van der Waals surface area contributed by atoms with Crippen LogP contribution in [0.3, 0.4) is 0 Å². The average Bonchev–Trinajstić information content (AvgIpc) is 2.42. The highest BCUT2D eigenvalue weighted by molar-refractivity contribution is 5.81. The molecule has 1 aliphatic rings. The summed E-state index contributed by atoms with van der Waals surface area (Å²) in [7, 11) is 0. The molecule has 1 aromatic rings. The van der Waals surface area contributed by atoms with Crippen molar-refractivity contribution in [3.8, 4) is 0 Å². The summed E-state index contributed by atoms with van der Waals surface area (Å²) in [6, 6.07) is 6.34. The lowest BCUT2D eigenvalue weighted by atomic mass is 10.1. The van der Waals surface area contributed by atoms with Crippen molar-refractivity contribution in [2.24, 2.45) is 0 Å². The molecular weight excluding hydrogens is 240 g/mol. The molecular formula is C15H22N2O2. The zero-order valence-corrected chi connectivity index (χ0v) is 11.7. The van der Waals surface area contributed by atoms with Gasteiger partial charge in [-0.05, 0) is 43.9 Å². The van der Waals surface area contributed by atoms with E-state index >= 15 is 0 Å². The predicted octanol–water partition coefficient (Wildman–Crippen LogP) is 2.01. The van der Waals surface area contributed by atoms with E-state index in [2.05, 4.69) is 30.5 Å². The molecule has 0 atom stereocenters. The van der Waals surface area contributed by atoms with Crippen molar-refractivity contribution >= 4 is 11.6 Å². The van der Waals surface area contributed by atoms with Crippen molar-refractivity contribution in [3.63, 3.8) is 0 Å². The summed E-state index contributed by atoms with van der Waals surface area (Å²) in [4.78, 5) is 11.9. The monoisotopic (exact) mass is 262 g/mol. The summed E-state index contributed by atoms with van der Waals surface area (Å²) in [5.74, 6) is 0.0489. The Hall–Kier alpha value is -1.55.